The molecule has 0 radical (unpaired) electrons. The number of esters is 1. The van der Waals surface area contributed by atoms with Gasteiger partial charge in [-0.3, -0.25) is 9.59 Å². The van der Waals surface area contributed by atoms with Crippen molar-refractivity contribution in [2.45, 2.75) is 64.5 Å². The number of ether oxygens (including phenoxy) is 3. The molecule has 2 amide bonds. The molecule has 0 saturated carbocycles. The van der Waals surface area contributed by atoms with E-state index in [-0.39, 0.29) is 19.0 Å². The fourth-order valence-electron chi connectivity index (χ4n) is 2.44. The van der Waals surface area contributed by atoms with E-state index in [1.165, 1.54) is 7.11 Å². The Morgan fingerprint density at radius 2 is 1.94 bits per heavy atom. The van der Waals surface area contributed by atoms with Gasteiger partial charge in [0.15, 0.2) is 0 Å². The van der Waals surface area contributed by atoms with Gasteiger partial charge in [0, 0.05) is 24.8 Å². The van der Waals surface area contributed by atoms with Gasteiger partial charge < -0.3 is 25.3 Å². The van der Waals surface area contributed by atoms with Gasteiger partial charge in [0.2, 0.25) is 5.91 Å². The number of amides is 2. The first-order valence-corrected chi connectivity index (χ1v) is 10.2. The summed E-state index contributed by atoms with van der Waals surface area (Å²) < 4.78 is 15.6. The molecule has 0 fully saturated rings. The Labute approximate surface area is 183 Å². The summed E-state index contributed by atoms with van der Waals surface area (Å²) in [5, 5.41) is 2.72. The summed E-state index contributed by atoms with van der Waals surface area (Å²) in [4.78, 5) is 34.3. The summed E-state index contributed by atoms with van der Waals surface area (Å²) in [6.45, 7) is 5.44. The van der Waals surface area contributed by atoms with Crippen LogP contribution in [-0.4, -0.2) is 43.3 Å². The lowest BCUT2D eigenvalue weighted by Crippen LogP contribution is -2.42. The Hall–Kier alpha value is -3.21. The molecule has 0 heterocycles. The van der Waals surface area contributed by atoms with E-state index in [2.05, 4.69) is 21.9 Å². The van der Waals surface area contributed by atoms with Crippen LogP contribution in [0.3, 0.4) is 0 Å². The summed E-state index contributed by atoms with van der Waals surface area (Å²) >= 11 is 0. The van der Waals surface area contributed by atoms with Gasteiger partial charge in [-0.15, -0.1) is 0 Å². The fraction of sp³-hybridized carbons (Fsp3) is 0.522. The van der Waals surface area contributed by atoms with Crippen molar-refractivity contribution >= 4 is 18.0 Å². The molecule has 31 heavy (non-hydrogen) atoms. The summed E-state index contributed by atoms with van der Waals surface area (Å²) in [6.07, 6.45) is 1.40. The van der Waals surface area contributed by atoms with E-state index in [9.17, 15) is 14.4 Å². The van der Waals surface area contributed by atoms with Gasteiger partial charge in [0.25, 0.3) is 0 Å². The quantitative estimate of drug-likeness (QED) is 0.334. The van der Waals surface area contributed by atoms with Crippen molar-refractivity contribution in [1.29, 1.82) is 0 Å². The van der Waals surface area contributed by atoms with Crippen molar-refractivity contribution in [3.8, 4) is 17.6 Å². The van der Waals surface area contributed by atoms with E-state index < -0.39 is 23.6 Å². The average Bonchev–Trinajstić information content (AvgIpc) is 2.68. The molecule has 1 aromatic rings. The molecule has 1 aromatic carbocycles. The zero-order valence-corrected chi connectivity index (χ0v) is 18.7. The standard InChI is InChI=1S/C23H32N2O6/c1-23(2,3)31-22(28)25-18(13-14-20(24)26)16-30-19-11-8-10-17(15-19)9-6-5-7-12-21(27)29-4/h8,10-11,15,18H,5,7,12-14,16H2,1-4H3,(H2,24,26)(H,25,28)/t18-/m0/s1. The Bertz CT molecular complexity index is 804. The maximum Gasteiger partial charge on any atom is 0.407 e. The molecule has 170 valence electrons. The van der Waals surface area contributed by atoms with Crippen LogP contribution in [0.1, 0.15) is 58.4 Å². The number of unbranched alkanes of at least 4 members (excludes halogenated alkanes) is 1. The summed E-state index contributed by atoms with van der Waals surface area (Å²) in [5.41, 5.74) is 5.36. The summed E-state index contributed by atoms with van der Waals surface area (Å²) in [6, 6.07) is 6.78. The van der Waals surface area contributed by atoms with Crippen molar-refractivity contribution in [3.05, 3.63) is 29.8 Å². The second-order valence-corrected chi connectivity index (χ2v) is 7.92. The second-order valence-electron chi connectivity index (χ2n) is 7.92. The molecule has 0 aliphatic rings. The topological polar surface area (TPSA) is 117 Å². The maximum atomic E-state index is 12.1. The third kappa shape index (κ3) is 12.9. The minimum Gasteiger partial charge on any atom is -0.491 e. The van der Waals surface area contributed by atoms with Crippen LogP contribution in [0.25, 0.3) is 0 Å². The smallest absolute Gasteiger partial charge is 0.407 e. The third-order valence-electron chi connectivity index (χ3n) is 3.89. The van der Waals surface area contributed by atoms with Crippen molar-refractivity contribution in [2.24, 2.45) is 5.73 Å². The number of nitrogens with one attached hydrogen (secondary N) is 1. The van der Waals surface area contributed by atoms with Crippen molar-refractivity contribution in [1.82, 2.24) is 5.32 Å². The van der Waals surface area contributed by atoms with E-state index in [0.29, 0.717) is 31.4 Å². The zero-order valence-electron chi connectivity index (χ0n) is 18.7. The molecular weight excluding hydrogens is 400 g/mol. The lowest BCUT2D eigenvalue weighted by Gasteiger charge is -2.23. The highest BCUT2D eigenvalue weighted by Crippen LogP contribution is 2.14. The van der Waals surface area contributed by atoms with Crippen molar-refractivity contribution < 1.29 is 28.6 Å². The molecule has 8 heteroatoms. The lowest BCUT2D eigenvalue weighted by molar-refractivity contribution is -0.140. The average molecular weight is 433 g/mol. The third-order valence-corrected chi connectivity index (χ3v) is 3.89. The van der Waals surface area contributed by atoms with Crippen LogP contribution in [0, 0.1) is 11.8 Å². The summed E-state index contributed by atoms with van der Waals surface area (Å²) in [5.74, 6) is 5.92. The first-order chi connectivity index (χ1) is 14.6. The number of benzene rings is 1. The number of alkyl carbamates (subject to hydrolysis) is 1. The van der Waals surface area contributed by atoms with Gasteiger partial charge >= 0.3 is 12.1 Å². The molecule has 0 saturated heterocycles. The number of methoxy groups -OCH3 is 1. The molecule has 0 bridgehead atoms. The van der Waals surface area contributed by atoms with E-state index in [4.69, 9.17) is 15.2 Å². The molecule has 1 atom stereocenters. The van der Waals surface area contributed by atoms with E-state index in [1.54, 1.807) is 32.9 Å². The lowest BCUT2D eigenvalue weighted by atomic mass is 10.1. The highest BCUT2D eigenvalue weighted by Gasteiger charge is 2.20. The molecule has 0 aromatic heterocycles. The molecule has 0 aliphatic carbocycles. The number of hydrogen-bond acceptors (Lipinski definition) is 6. The molecule has 0 spiro atoms. The Kier molecular flexibility index (Phi) is 11.0. The van der Waals surface area contributed by atoms with E-state index in [0.717, 1.165) is 5.56 Å². The number of primary amides is 1. The monoisotopic (exact) mass is 432 g/mol. The van der Waals surface area contributed by atoms with Gasteiger partial charge in [-0.2, -0.15) is 0 Å². The molecule has 1 rings (SSSR count). The molecule has 0 aliphatic heterocycles. The minimum absolute atomic E-state index is 0.112. The minimum atomic E-state index is -0.636. The predicted octanol–water partition coefficient (Wildman–Crippen LogP) is 2.92. The van der Waals surface area contributed by atoms with Gasteiger partial charge in [-0.1, -0.05) is 17.9 Å². The van der Waals surface area contributed by atoms with Crippen LogP contribution in [-0.2, 0) is 19.1 Å². The first kappa shape index (κ1) is 25.8. The van der Waals surface area contributed by atoms with E-state index >= 15 is 0 Å². The van der Waals surface area contributed by atoms with Crippen LogP contribution in [0.4, 0.5) is 4.79 Å². The predicted molar refractivity (Wildman–Crippen MR) is 116 cm³/mol. The van der Waals surface area contributed by atoms with Gasteiger partial charge in [-0.05, 0) is 51.8 Å². The normalized spacial score (nSPS) is 11.5. The second kappa shape index (κ2) is 13.2. The molecule has 0 unspecified atom stereocenters. The highest BCUT2D eigenvalue weighted by atomic mass is 16.6. The number of carbonyl (C=O) groups excluding carboxylic acids is 3. The number of hydrogen-bond donors (Lipinski definition) is 2. The van der Waals surface area contributed by atoms with Gasteiger partial charge in [0.05, 0.1) is 13.2 Å². The molecule has 8 nitrogen and oxygen atoms in total. The fourth-order valence-corrected chi connectivity index (χ4v) is 2.44. The Morgan fingerprint density at radius 3 is 2.58 bits per heavy atom. The zero-order chi connectivity index (χ0) is 23.3. The number of nitrogens with two attached hydrogens (primary N) is 1. The molecular formula is C23H32N2O6. The first-order valence-electron chi connectivity index (χ1n) is 10.2. The van der Waals surface area contributed by atoms with Crippen LogP contribution in [0.2, 0.25) is 0 Å². The maximum absolute atomic E-state index is 12.1. The SMILES string of the molecule is COC(=O)CCCC#Cc1cccc(OC[C@H](CCC(N)=O)NC(=O)OC(C)(C)C)c1. The number of rotatable bonds is 10. The van der Waals surface area contributed by atoms with Crippen LogP contribution in [0.15, 0.2) is 24.3 Å². The Morgan fingerprint density at radius 1 is 1.19 bits per heavy atom. The van der Waals surface area contributed by atoms with Gasteiger partial charge in [0.1, 0.15) is 18.0 Å². The van der Waals surface area contributed by atoms with Crippen LogP contribution in [0.5, 0.6) is 5.75 Å². The van der Waals surface area contributed by atoms with Crippen LogP contribution < -0.4 is 15.8 Å². The van der Waals surface area contributed by atoms with Gasteiger partial charge in [-0.25, -0.2) is 4.79 Å². The van der Waals surface area contributed by atoms with Crippen molar-refractivity contribution in [3.63, 3.8) is 0 Å². The molecule has 3 N–H and O–H groups in total. The van der Waals surface area contributed by atoms with Crippen LogP contribution >= 0.6 is 0 Å². The van der Waals surface area contributed by atoms with Crippen molar-refractivity contribution in [2.75, 3.05) is 13.7 Å². The summed E-state index contributed by atoms with van der Waals surface area (Å²) in [7, 11) is 1.36. The highest BCUT2D eigenvalue weighted by molar-refractivity contribution is 5.74. The Balaban J connectivity index is 2.64. The number of carbonyl (C=O) groups is 3. The largest absolute Gasteiger partial charge is 0.491 e. The van der Waals surface area contributed by atoms with E-state index in [1.807, 2.05) is 12.1 Å².